The summed E-state index contributed by atoms with van der Waals surface area (Å²) in [6, 6.07) is 4.89. The molecule has 1 heterocycles. The molecule has 1 N–H and O–H groups in total. The minimum atomic E-state index is -1.26. The van der Waals surface area contributed by atoms with Crippen LogP contribution in [0.2, 0.25) is 0 Å². The average molecular weight is 363 g/mol. The minimum absolute atomic E-state index is 0.247. The molecule has 26 heavy (non-hydrogen) atoms. The van der Waals surface area contributed by atoms with Crippen LogP contribution < -0.4 is 5.32 Å². The standard InChI is InChI=1S/C19H26FN3O3/c1-4-11-22(12-5-2)16(24)13-23-17(25)19(6-3,21-18(23)26)14-7-9-15(20)10-8-14/h7-10H,4-6,11-13H2,1-3H3,(H,21,26)/t19-/m0/s1. The van der Waals surface area contributed by atoms with Crippen molar-refractivity contribution >= 4 is 17.8 Å². The zero-order chi connectivity index (χ0) is 19.3. The minimum Gasteiger partial charge on any atom is -0.341 e. The van der Waals surface area contributed by atoms with E-state index in [1.807, 2.05) is 13.8 Å². The molecule has 0 spiro atoms. The number of hydrogen-bond acceptors (Lipinski definition) is 3. The Bertz CT molecular complexity index is 671. The molecule has 1 atom stereocenters. The Hall–Kier alpha value is -2.44. The number of nitrogens with one attached hydrogen (secondary N) is 1. The fourth-order valence-electron chi connectivity index (χ4n) is 3.28. The first-order chi connectivity index (χ1) is 12.4. The van der Waals surface area contributed by atoms with Crippen molar-refractivity contribution in [3.8, 4) is 0 Å². The van der Waals surface area contributed by atoms with E-state index < -0.39 is 23.3 Å². The maximum atomic E-state index is 13.2. The van der Waals surface area contributed by atoms with Gasteiger partial charge < -0.3 is 10.2 Å². The molecule has 2 rings (SSSR count). The van der Waals surface area contributed by atoms with Crippen molar-refractivity contribution in [2.45, 2.75) is 45.6 Å². The normalized spacial score (nSPS) is 19.6. The predicted octanol–water partition coefficient (Wildman–Crippen LogP) is 2.63. The Morgan fingerprint density at radius 3 is 2.19 bits per heavy atom. The van der Waals surface area contributed by atoms with Crippen molar-refractivity contribution < 1.29 is 18.8 Å². The van der Waals surface area contributed by atoms with E-state index in [2.05, 4.69) is 5.32 Å². The molecule has 1 saturated heterocycles. The molecule has 0 bridgehead atoms. The lowest BCUT2D eigenvalue weighted by atomic mass is 9.87. The Morgan fingerprint density at radius 1 is 1.12 bits per heavy atom. The average Bonchev–Trinajstić information content (AvgIpc) is 2.87. The Kier molecular flexibility index (Phi) is 6.34. The van der Waals surface area contributed by atoms with Crippen molar-refractivity contribution in [1.82, 2.24) is 15.1 Å². The van der Waals surface area contributed by atoms with E-state index in [0.717, 1.165) is 17.7 Å². The summed E-state index contributed by atoms with van der Waals surface area (Å²) in [7, 11) is 0. The molecule has 1 fully saturated rings. The molecule has 7 heteroatoms. The van der Waals surface area contributed by atoms with Crippen LogP contribution in [0, 0.1) is 5.82 Å². The van der Waals surface area contributed by atoms with Crippen LogP contribution in [0.5, 0.6) is 0 Å². The van der Waals surface area contributed by atoms with Gasteiger partial charge in [0.15, 0.2) is 0 Å². The highest BCUT2D eigenvalue weighted by molar-refractivity contribution is 6.09. The molecule has 0 aromatic heterocycles. The summed E-state index contributed by atoms with van der Waals surface area (Å²) in [6.07, 6.45) is 1.92. The van der Waals surface area contributed by atoms with Gasteiger partial charge in [0.1, 0.15) is 17.9 Å². The number of carbonyl (C=O) groups excluding carboxylic acids is 3. The lowest BCUT2D eigenvalue weighted by Crippen LogP contribution is -2.45. The maximum Gasteiger partial charge on any atom is 0.325 e. The Balaban J connectivity index is 2.24. The van der Waals surface area contributed by atoms with Crippen LogP contribution in [0.1, 0.15) is 45.6 Å². The number of urea groups is 1. The third-order valence-electron chi connectivity index (χ3n) is 4.68. The molecule has 4 amide bonds. The Labute approximate surface area is 153 Å². The summed E-state index contributed by atoms with van der Waals surface area (Å²) >= 11 is 0. The fraction of sp³-hybridized carbons (Fsp3) is 0.526. The summed E-state index contributed by atoms with van der Waals surface area (Å²) in [5, 5.41) is 2.71. The van der Waals surface area contributed by atoms with E-state index in [1.165, 1.54) is 24.3 Å². The molecule has 1 aliphatic rings. The number of imide groups is 1. The number of amides is 4. The number of carbonyl (C=O) groups is 3. The van der Waals surface area contributed by atoms with Crippen molar-refractivity contribution in [1.29, 1.82) is 0 Å². The maximum absolute atomic E-state index is 13.2. The van der Waals surface area contributed by atoms with Crippen LogP contribution >= 0.6 is 0 Å². The van der Waals surface area contributed by atoms with Gasteiger partial charge in [-0.2, -0.15) is 0 Å². The van der Waals surface area contributed by atoms with Gasteiger partial charge >= 0.3 is 6.03 Å². The SMILES string of the molecule is CCCN(CCC)C(=O)CN1C(=O)N[C@@](CC)(c2ccc(F)cc2)C1=O. The van der Waals surface area contributed by atoms with Crippen molar-refractivity contribution in [3.63, 3.8) is 0 Å². The van der Waals surface area contributed by atoms with Crippen molar-refractivity contribution in [2.24, 2.45) is 0 Å². The molecule has 142 valence electrons. The molecule has 0 aliphatic carbocycles. The van der Waals surface area contributed by atoms with Crippen LogP contribution in [0.3, 0.4) is 0 Å². The summed E-state index contributed by atoms with van der Waals surface area (Å²) in [5.41, 5.74) is -0.750. The molecular formula is C19H26FN3O3. The van der Waals surface area contributed by atoms with Crippen molar-refractivity contribution in [3.05, 3.63) is 35.6 Å². The highest BCUT2D eigenvalue weighted by Crippen LogP contribution is 2.32. The van der Waals surface area contributed by atoms with Crippen LogP contribution in [0.15, 0.2) is 24.3 Å². The van der Waals surface area contributed by atoms with Crippen LogP contribution in [-0.2, 0) is 15.1 Å². The van der Waals surface area contributed by atoms with E-state index in [1.54, 1.807) is 11.8 Å². The van der Waals surface area contributed by atoms with Gasteiger partial charge in [-0.25, -0.2) is 9.18 Å². The zero-order valence-electron chi connectivity index (χ0n) is 15.5. The smallest absolute Gasteiger partial charge is 0.325 e. The molecule has 1 aromatic rings. The van der Waals surface area contributed by atoms with E-state index in [0.29, 0.717) is 25.1 Å². The zero-order valence-corrected chi connectivity index (χ0v) is 15.5. The second-order valence-corrected chi connectivity index (χ2v) is 6.47. The molecule has 0 radical (unpaired) electrons. The van der Waals surface area contributed by atoms with Gasteiger partial charge in [-0.05, 0) is 37.0 Å². The van der Waals surface area contributed by atoms with Gasteiger partial charge in [-0.15, -0.1) is 0 Å². The highest BCUT2D eigenvalue weighted by atomic mass is 19.1. The number of rotatable bonds is 8. The van der Waals surface area contributed by atoms with Crippen LogP contribution in [0.4, 0.5) is 9.18 Å². The second kappa shape index (κ2) is 8.29. The number of hydrogen-bond donors (Lipinski definition) is 1. The van der Waals surface area contributed by atoms with Gasteiger partial charge in [0, 0.05) is 13.1 Å². The molecule has 6 nitrogen and oxygen atoms in total. The molecular weight excluding hydrogens is 337 g/mol. The lowest BCUT2D eigenvalue weighted by Gasteiger charge is -2.26. The number of benzene rings is 1. The Morgan fingerprint density at radius 2 is 1.69 bits per heavy atom. The largest absolute Gasteiger partial charge is 0.341 e. The topological polar surface area (TPSA) is 69.7 Å². The van der Waals surface area contributed by atoms with Gasteiger partial charge in [0.25, 0.3) is 5.91 Å². The first kappa shape index (κ1) is 19.9. The molecule has 1 aliphatic heterocycles. The second-order valence-electron chi connectivity index (χ2n) is 6.47. The quantitative estimate of drug-likeness (QED) is 0.722. The predicted molar refractivity (Wildman–Crippen MR) is 95.8 cm³/mol. The number of nitrogens with zero attached hydrogens (tertiary/aromatic N) is 2. The summed E-state index contributed by atoms with van der Waals surface area (Å²) in [5.74, 6) is -1.14. The monoisotopic (exact) mass is 363 g/mol. The van der Waals surface area contributed by atoms with Crippen LogP contribution in [0.25, 0.3) is 0 Å². The lowest BCUT2D eigenvalue weighted by molar-refractivity contribution is -0.139. The third-order valence-corrected chi connectivity index (χ3v) is 4.68. The number of halogens is 1. The summed E-state index contributed by atoms with van der Waals surface area (Å²) < 4.78 is 13.2. The fourth-order valence-corrected chi connectivity index (χ4v) is 3.28. The van der Waals surface area contributed by atoms with Gasteiger partial charge in [0.05, 0.1) is 0 Å². The van der Waals surface area contributed by atoms with E-state index in [9.17, 15) is 18.8 Å². The highest BCUT2D eigenvalue weighted by Gasteiger charge is 2.51. The van der Waals surface area contributed by atoms with Gasteiger partial charge in [-0.1, -0.05) is 32.9 Å². The van der Waals surface area contributed by atoms with E-state index in [4.69, 9.17) is 0 Å². The van der Waals surface area contributed by atoms with E-state index in [-0.39, 0.29) is 12.5 Å². The first-order valence-corrected chi connectivity index (χ1v) is 9.07. The summed E-state index contributed by atoms with van der Waals surface area (Å²) in [4.78, 5) is 40.6. The van der Waals surface area contributed by atoms with Gasteiger partial charge in [-0.3, -0.25) is 14.5 Å². The van der Waals surface area contributed by atoms with Gasteiger partial charge in [0.2, 0.25) is 5.91 Å². The van der Waals surface area contributed by atoms with E-state index >= 15 is 0 Å². The molecule has 1 aromatic carbocycles. The third kappa shape index (κ3) is 3.71. The summed E-state index contributed by atoms with van der Waals surface area (Å²) in [6.45, 7) is 6.61. The molecule has 0 saturated carbocycles. The van der Waals surface area contributed by atoms with Crippen LogP contribution in [-0.4, -0.2) is 47.3 Å². The first-order valence-electron chi connectivity index (χ1n) is 9.07. The van der Waals surface area contributed by atoms with Crippen molar-refractivity contribution in [2.75, 3.05) is 19.6 Å². The molecule has 0 unspecified atom stereocenters.